The van der Waals surface area contributed by atoms with E-state index in [9.17, 15) is 9.59 Å². The lowest BCUT2D eigenvalue weighted by Crippen LogP contribution is -2.27. The van der Waals surface area contributed by atoms with Crippen molar-refractivity contribution in [3.05, 3.63) is 64.7 Å². The van der Waals surface area contributed by atoms with Gasteiger partial charge in [0.1, 0.15) is 0 Å². The molecule has 0 saturated carbocycles. The number of benzene rings is 2. The van der Waals surface area contributed by atoms with Crippen molar-refractivity contribution in [2.75, 3.05) is 18.9 Å². The second-order valence-corrected chi connectivity index (χ2v) is 6.43. The van der Waals surface area contributed by atoms with Gasteiger partial charge >= 0.3 is 0 Å². The Kier molecular flexibility index (Phi) is 6.34. The fourth-order valence-electron chi connectivity index (χ4n) is 2.55. The Bertz CT molecular complexity index is 751. The summed E-state index contributed by atoms with van der Waals surface area (Å²) in [6, 6.07) is 12.8. The maximum Gasteiger partial charge on any atom is 0.255 e. The third-order valence-corrected chi connectivity index (χ3v) is 4.23. The maximum absolute atomic E-state index is 12.4. The van der Waals surface area contributed by atoms with Gasteiger partial charge in [-0.2, -0.15) is 0 Å². The second kappa shape index (κ2) is 8.47. The monoisotopic (exact) mass is 338 g/mol. The highest BCUT2D eigenvalue weighted by atomic mass is 16.2. The van der Waals surface area contributed by atoms with E-state index in [0.717, 1.165) is 36.2 Å². The Balaban J connectivity index is 2.07. The van der Waals surface area contributed by atoms with Gasteiger partial charge < -0.3 is 10.2 Å². The van der Waals surface area contributed by atoms with Crippen LogP contribution in [0.5, 0.6) is 0 Å². The van der Waals surface area contributed by atoms with Gasteiger partial charge in [0.2, 0.25) is 0 Å². The molecule has 2 rings (SSSR count). The molecule has 0 unspecified atom stereocenters. The molecular weight excluding hydrogens is 312 g/mol. The van der Waals surface area contributed by atoms with Crippen molar-refractivity contribution in [2.45, 2.75) is 33.6 Å². The molecule has 0 aliphatic rings. The predicted octanol–water partition coefficient (Wildman–Crippen LogP) is 4.43. The first-order valence-corrected chi connectivity index (χ1v) is 8.66. The summed E-state index contributed by atoms with van der Waals surface area (Å²) >= 11 is 0. The topological polar surface area (TPSA) is 49.4 Å². The zero-order chi connectivity index (χ0) is 18.4. The van der Waals surface area contributed by atoms with Gasteiger partial charge in [-0.05, 0) is 61.7 Å². The van der Waals surface area contributed by atoms with Crippen LogP contribution < -0.4 is 5.32 Å². The zero-order valence-corrected chi connectivity index (χ0v) is 15.4. The number of amides is 2. The molecule has 0 heterocycles. The number of anilines is 1. The Morgan fingerprint density at radius 1 is 1.00 bits per heavy atom. The van der Waals surface area contributed by atoms with Gasteiger partial charge in [-0.25, -0.2) is 0 Å². The van der Waals surface area contributed by atoms with E-state index in [1.54, 1.807) is 36.2 Å². The van der Waals surface area contributed by atoms with Gasteiger partial charge in [0.25, 0.3) is 11.8 Å². The highest BCUT2D eigenvalue weighted by Gasteiger charge is 2.13. The number of carbonyl (C=O) groups excluding carboxylic acids is 2. The quantitative estimate of drug-likeness (QED) is 0.847. The molecular formula is C21H26N2O2. The first-order valence-electron chi connectivity index (χ1n) is 8.66. The van der Waals surface area contributed by atoms with Crippen LogP contribution in [0.15, 0.2) is 42.5 Å². The van der Waals surface area contributed by atoms with Crippen LogP contribution in [0.25, 0.3) is 0 Å². The van der Waals surface area contributed by atoms with Gasteiger partial charge in [0.15, 0.2) is 0 Å². The average molecular weight is 338 g/mol. The molecule has 0 aliphatic heterocycles. The van der Waals surface area contributed by atoms with E-state index in [-0.39, 0.29) is 11.8 Å². The summed E-state index contributed by atoms with van der Waals surface area (Å²) < 4.78 is 0. The molecule has 1 N–H and O–H groups in total. The van der Waals surface area contributed by atoms with Crippen LogP contribution >= 0.6 is 0 Å². The van der Waals surface area contributed by atoms with Gasteiger partial charge in [0.05, 0.1) is 0 Å². The number of hydrogen-bond acceptors (Lipinski definition) is 2. The number of carbonyl (C=O) groups is 2. The van der Waals surface area contributed by atoms with Gasteiger partial charge in [0, 0.05) is 30.4 Å². The van der Waals surface area contributed by atoms with Crippen molar-refractivity contribution in [1.29, 1.82) is 0 Å². The number of hydrogen-bond donors (Lipinski definition) is 1. The molecule has 0 atom stereocenters. The van der Waals surface area contributed by atoms with E-state index in [4.69, 9.17) is 0 Å². The van der Waals surface area contributed by atoms with Gasteiger partial charge in [-0.1, -0.05) is 25.5 Å². The first kappa shape index (κ1) is 18.7. The Hall–Kier alpha value is -2.62. The summed E-state index contributed by atoms with van der Waals surface area (Å²) in [5.41, 5.74) is 4.06. The molecule has 0 radical (unpaired) electrons. The van der Waals surface area contributed by atoms with Crippen LogP contribution in [0.2, 0.25) is 0 Å². The molecule has 4 heteroatoms. The summed E-state index contributed by atoms with van der Waals surface area (Å²) in [6.07, 6.45) is 2.04. The van der Waals surface area contributed by atoms with Crippen molar-refractivity contribution in [1.82, 2.24) is 4.90 Å². The first-order chi connectivity index (χ1) is 11.9. The number of unbranched alkanes of at least 4 members (excludes halogenated alkanes) is 1. The third kappa shape index (κ3) is 4.92. The van der Waals surface area contributed by atoms with Crippen LogP contribution in [0.1, 0.15) is 51.6 Å². The smallest absolute Gasteiger partial charge is 0.255 e. The highest BCUT2D eigenvalue weighted by Crippen LogP contribution is 2.18. The molecule has 4 nitrogen and oxygen atoms in total. The Morgan fingerprint density at radius 3 is 2.28 bits per heavy atom. The molecule has 0 aliphatic carbocycles. The number of nitrogens with one attached hydrogen (secondary N) is 1. The number of nitrogens with zero attached hydrogens (tertiary/aromatic N) is 1. The molecule has 0 fully saturated rings. The minimum absolute atomic E-state index is 0.0186. The van der Waals surface area contributed by atoms with Gasteiger partial charge in [-0.3, -0.25) is 9.59 Å². The zero-order valence-electron chi connectivity index (χ0n) is 15.4. The summed E-state index contributed by atoms with van der Waals surface area (Å²) in [5, 5.41) is 2.93. The van der Waals surface area contributed by atoms with E-state index < -0.39 is 0 Å². The summed E-state index contributed by atoms with van der Waals surface area (Å²) in [5.74, 6) is -0.193. The molecule has 0 spiro atoms. The minimum atomic E-state index is -0.174. The van der Waals surface area contributed by atoms with Gasteiger partial charge in [-0.15, -0.1) is 0 Å². The molecule has 0 aromatic heterocycles. The lowest BCUT2D eigenvalue weighted by atomic mass is 10.1. The standard InChI is InChI=1S/C21H26N2O2/c1-5-6-13-23(4)21(25)18-11-9-17(10-12-18)20(24)22-19-14-15(2)7-8-16(19)3/h7-12,14H,5-6,13H2,1-4H3,(H,22,24). The molecule has 2 aromatic carbocycles. The molecule has 25 heavy (non-hydrogen) atoms. The lowest BCUT2D eigenvalue weighted by molar-refractivity contribution is 0.0792. The van der Waals surface area contributed by atoms with Crippen molar-refractivity contribution in [2.24, 2.45) is 0 Å². The summed E-state index contributed by atoms with van der Waals surface area (Å²) in [7, 11) is 1.80. The fraction of sp³-hybridized carbons (Fsp3) is 0.333. The highest BCUT2D eigenvalue weighted by molar-refractivity contribution is 6.05. The molecule has 2 amide bonds. The SMILES string of the molecule is CCCCN(C)C(=O)c1ccc(C(=O)Nc2cc(C)ccc2C)cc1. The van der Waals surface area contributed by atoms with Crippen LogP contribution in [0.3, 0.4) is 0 Å². The second-order valence-electron chi connectivity index (χ2n) is 6.43. The predicted molar refractivity (Wildman–Crippen MR) is 102 cm³/mol. The van der Waals surface area contributed by atoms with Crippen LogP contribution in [-0.2, 0) is 0 Å². The van der Waals surface area contributed by atoms with Crippen LogP contribution in [0, 0.1) is 13.8 Å². The molecule has 132 valence electrons. The van der Waals surface area contributed by atoms with E-state index >= 15 is 0 Å². The summed E-state index contributed by atoms with van der Waals surface area (Å²) in [6.45, 7) is 6.79. The lowest BCUT2D eigenvalue weighted by Gasteiger charge is -2.17. The number of rotatable bonds is 6. The molecule has 0 saturated heterocycles. The number of aryl methyl sites for hydroxylation is 2. The van der Waals surface area contributed by atoms with E-state index in [1.165, 1.54) is 0 Å². The van der Waals surface area contributed by atoms with E-state index in [0.29, 0.717) is 11.1 Å². The van der Waals surface area contributed by atoms with Crippen LogP contribution in [-0.4, -0.2) is 30.3 Å². The molecule has 2 aromatic rings. The third-order valence-electron chi connectivity index (χ3n) is 4.23. The maximum atomic E-state index is 12.4. The normalized spacial score (nSPS) is 10.4. The average Bonchev–Trinajstić information content (AvgIpc) is 2.62. The minimum Gasteiger partial charge on any atom is -0.342 e. The van der Waals surface area contributed by atoms with Crippen molar-refractivity contribution < 1.29 is 9.59 Å². The molecule has 0 bridgehead atoms. The van der Waals surface area contributed by atoms with Crippen molar-refractivity contribution in [3.63, 3.8) is 0 Å². The van der Waals surface area contributed by atoms with Crippen molar-refractivity contribution in [3.8, 4) is 0 Å². The van der Waals surface area contributed by atoms with Crippen LogP contribution in [0.4, 0.5) is 5.69 Å². The van der Waals surface area contributed by atoms with Crippen molar-refractivity contribution >= 4 is 17.5 Å². The Labute approximate surface area is 149 Å². The van der Waals surface area contributed by atoms with E-state index in [1.807, 2.05) is 32.0 Å². The fourth-order valence-corrected chi connectivity index (χ4v) is 2.55. The Morgan fingerprint density at radius 2 is 1.64 bits per heavy atom. The summed E-state index contributed by atoms with van der Waals surface area (Å²) in [4.78, 5) is 26.5. The van der Waals surface area contributed by atoms with E-state index in [2.05, 4.69) is 12.2 Å². The largest absolute Gasteiger partial charge is 0.342 e.